The van der Waals surface area contributed by atoms with Gasteiger partial charge in [0.2, 0.25) is 0 Å². The fourth-order valence-corrected chi connectivity index (χ4v) is 3.68. The van der Waals surface area contributed by atoms with Crippen molar-refractivity contribution in [2.45, 2.75) is 6.92 Å². The normalized spacial score (nSPS) is 13.2. The summed E-state index contributed by atoms with van der Waals surface area (Å²) < 4.78 is 0. The molecule has 2 aromatic heterocycles. The van der Waals surface area contributed by atoms with Crippen LogP contribution < -0.4 is 0 Å². The lowest BCUT2D eigenvalue weighted by Crippen LogP contribution is -1.89. The van der Waals surface area contributed by atoms with E-state index in [0.29, 0.717) is 5.71 Å². The van der Waals surface area contributed by atoms with Gasteiger partial charge in [-0.3, -0.25) is 5.41 Å². The third kappa shape index (κ3) is 0.833. The van der Waals surface area contributed by atoms with Crippen LogP contribution in [-0.2, 0) is 0 Å². The van der Waals surface area contributed by atoms with Gasteiger partial charge in [0.15, 0.2) is 0 Å². The van der Waals surface area contributed by atoms with Crippen LogP contribution in [0.25, 0.3) is 10.4 Å². The van der Waals surface area contributed by atoms with Crippen LogP contribution in [0.15, 0.2) is 17.5 Å². The van der Waals surface area contributed by atoms with E-state index < -0.39 is 0 Å². The van der Waals surface area contributed by atoms with Gasteiger partial charge in [-0.05, 0) is 24.4 Å². The van der Waals surface area contributed by atoms with E-state index in [-0.39, 0.29) is 0 Å². The molecule has 1 nitrogen and oxygen atoms in total. The Morgan fingerprint density at radius 2 is 2.08 bits per heavy atom. The molecule has 0 aromatic carbocycles. The Bertz CT molecular complexity index is 505. The predicted molar refractivity (Wildman–Crippen MR) is 58.3 cm³/mol. The first-order chi connectivity index (χ1) is 6.27. The van der Waals surface area contributed by atoms with E-state index in [2.05, 4.69) is 18.4 Å². The second-order valence-corrected chi connectivity index (χ2v) is 5.31. The zero-order valence-corrected chi connectivity index (χ0v) is 8.68. The van der Waals surface area contributed by atoms with Crippen LogP contribution in [0.5, 0.6) is 0 Å². The summed E-state index contributed by atoms with van der Waals surface area (Å²) >= 11 is 3.47. The summed E-state index contributed by atoms with van der Waals surface area (Å²) in [6.07, 6.45) is 0. The molecule has 3 heteroatoms. The second-order valence-electron chi connectivity index (χ2n) is 3.14. The number of fused-ring (bicyclic) bond motifs is 3. The van der Waals surface area contributed by atoms with Gasteiger partial charge in [0.25, 0.3) is 0 Å². The van der Waals surface area contributed by atoms with Crippen molar-refractivity contribution < 1.29 is 0 Å². The molecular formula is C10H7NS2. The van der Waals surface area contributed by atoms with Gasteiger partial charge >= 0.3 is 0 Å². The van der Waals surface area contributed by atoms with Crippen LogP contribution in [0, 0.1) is 12.3 Å². The Morgan fingerprint density at radius 3 is 2.92 bits per heavy atom. The molecule has 0 bridgehead atoms. The predicted octanol–water partition coefficient (Wildman–Crippen LogP) is 3.51. The molecule has 0 fully saturated rings. The fourth-order valence-electron chi connectivity index (χ4n) is 1.71. The smallest absolute Gasteiger partial charge is 0.0805 e. The minimum Gasteiger partial charge on any atom is -0.299 e. The summed E-state index contributed by atoms with van der Waals surface area (Å²) in [6.45, 7) is 2.10. The molecule has 0 aliphatic heterocycles. The van der Waals surface area contributed by atoms with E-state index >= 15 is 0 Å². The first-order valence-electron chi connectivity index (χ1n) is 4.05. The fraction of sp³-hybridized carbons (Fsp3) is 0.100. The van der Waals surface area contributed by atoms with Gasteiger partial charge in [-0.15, -0.1) is 22.7 Å². The van der Waals surface area contributed by atoms with Gasteiger partial charge in [0, 0.05) is 20.9 Å². The summed E-state index contributed by atoms with van der Waals surface area (Å²) in [5, 5.41) is 10.0. The number of rotatable bonds is 0. The maximum atomic E-state index is 7.96. The molecule has 64 valence electrons. The van der Waals surface area contributed by atoms with Crippen molar-refractivity contribution in [1.82, 2.24) is 0 Å². The van der Waals surface area contributed by atoms with Crippen molar-refractivity contribution in [2.75, 3.05) is 0 Å². The number of hydrogen-bond donors (Lipinski definition) is 1. The van der Waals surface area contributed by atoms with Gasteiger partial charge in [-0.1, -0.05) is 0 Å². The topological polar surface area (TPSA) is 23.9 Å². The van der Waals surface area contributed by atoms with Crippen molar-refractivity contribution in [1.29, 1.82) is 5.41 Å². The van der Waals surface area contributed by atoms with Crippen LogP contribution in [0.3, 0.4) is 0 Å². The van der Waals surface area contributed by atoms with Crippen molar-refractivity contribution in [3.63, 3.8) is 0 Å². The van der Waals surface area contributed by atoms with Crippen molar-refractivity contribution >= 4 is 28.4 Å². The third-order valence-electron chi connectivity index (χ3n) is 2.26. The molecule has 2 heterocycles. The second kappa shape index (κ2) is 2.30. The van der Waals surface area contributed by atoms with E-state index in [1.165, 1.54) is 15.3 Å². The summed E-state index contributed by atoms with van der Waals surface area (Å²) in [5.74, 6) is 0. The first-order valence-corrected chi connectivity index (χ1v) is 5.74. The van der Waals surface area contributed by atoms with Crippen LogP contribution in [-0.4, -0.2) is 5.71 Å². The highest BCUT2D eigenvalue weighted by molar-refractivity contribution is 7.18. The summed E-state index contributed by atoms with van der Waals surface area (Å²) in [5.41, 5.74) is 3.10. The van der Waals surface area contributed by atoms with E-state index in [1.54, 1.807) is 22.7 Å². The maximum Gasteiger partial charge on any atom is 0.0805 e. The van der Waals surface area contributed by atoms with Gasteiger partial charge in [-0.25, -0.2) is 0 Å². The summed E-state index contributed by atoms with van der Waals surface area (Å²) in [6, 6.07) is 4.24. The highest BCUT2D eigenvalue weighted by Gasteiger charge is 2.26. The third-order valence-corrected chi connectivity index (χ3v) is 4.28. The lowest BCUT2D eigenvalue weighted by atomic mass is 10.2. The minimum atomic E-state index is 0.712. The van der Waals surface area contributed by atoms with Crippen molar-refractivity contribution in [3.8, 4) is 10.4 Å². The van der Waals surface area contributed by atoms with E-state index in [0.717, 1.165) is 10.4 Å². The first kappa shape index (κ1) is 7.47. The average molecular weight is 205 g/mol. The molecule has 0 atom stereocenters. The van der Waals surface area contributed by atoms with Crippen LogP contribution in [0.1, 0.15) is 15.3 Å². The molecule has 1 aliphatic carbocycles. The van der Waals surface area contributed by atoms with Crippen LogP contribution >= 0.6 is 22.7 Å². The summed E-state index contributed by atoms with van der Waals surface area (Å²) in [7, 11) is 0. The Balaban J connectivity index is 2.41. The monoisotopic (exact) mass is 205 g/mol. The number of thiophene rings is 2. The molecule has 13 heavy (non-hydrogen) atoms. The van der Waals surface area contributed by atoms with E-state index in [1.807, 2.05) is 6.07 Å². The van der Waals surface area contributed by atoms with E-state index in [4.69, 9.17) is 5.41 Å². The molecule has 0 amide bonds. The minimum absolute atomic E-state index is 0.712. The molecule has 1 N–H and O–H groups in total. The largest absolute Gasteiger partial charge is 0.299 e. The molecule has 2 aromatic rings. The van der Waals surface area contributed by atoms with Gasteiger partial charge in [-0.2, -0.15) is 0 Å². The Labute approximate surface area is 84.2 Å². The quantitative estimate of drug-likeness (QED) is 0.580. The Hall–Kier alpha value is -0.930. The lowest BCUT2D eigenvalue weighted by molar-refractivity contribution is 1.52. The van der Waals surface area contributed by atoms with Gasteiger partial charge < -0.3 is 0 Å². The highest BCUT2D eigenvalue weighted by atomic mass is 32.1. The molecule has 1 aliphatic rings. The van der Waals surface area contributed by atoms with Crippen molar-refractivity contribution in [3.05, 3.63) is 32.8 Å². The SMILES string of the molecule is Cc1cc2c(s1)C(=N)c1ccsc1-2. The highest BCUT2D eigenvalue weighted by Crippen LogP contribution is 2.44. The Kier molecular flexibility index (Phi) is 1.32. The molecule has 0 unspecified atom stereocenters. The molecule has 3 rings (SSSR count). The Morgan fingerprint density at radius 1 is 1.23 bits per heavy atom. The zero-order valence-electron chi connectivity index (χ0n) is 7.05. The average Bonchev–Trinajstić information content (AvgIpc) is 2.70. The number of nitrogens with one attached hydrogen (secondary N) is 1. The molecule has 0 saturated carbocycles. The van der Waals surface area contributed by atoms with Gasteiger partial charge in [0.1, 0.15) is 0 Å². The molecule has 0 saturated heterocycles. The number of hydrogen-bond acceptors (Lipinski definition) is 3. The van der Waals surface area contributed by atoms with Crippen LogP contribution in [0.4, 0.5) is 0 Å². The van der Waals surface area contributed by atoms with Gasteiger partial charge in [0.05, 0.1) is 10.6 Å². The molecule has 0 spiro atoms. The maximum absolute atomic E-state index is 7.96. The van der Waals surface area contributed by atoms with Crippen molar-refractivity contribution in [2.24, 2.45) is 0 Å². The summed E-state index contributed by atoms with van der Waals surface area (Å²) in [4.78, 5) is 3.73. The molecule has 0 radical (unpaired) electrons. The number of aryl methyl sites for hydroxylation is 1. The molecular weight excluding hydrogens is 198 g/mol. The standard InChI is InChI=1S/C10H7NS2/c1-5-4-7-9-6(2-3-12-9)8(11)10(7)13-5/h2-4,11H,1H3. The van der Waals surface area contributed by atoms with E-state index in [9.17, 15) is 0 Å². The lowest BCUT2D eigenvalue weighted by Gasteiger charge is -1.89. The van der Waals surface area contributed by atoms with Crippen LogP contribution in [0.2, 0.25) is 0 Å². The zero-order chi connectivity index (χ0) is 9.00.